The number of ether oxygens (including phenoxy) is 1. The first-order valence-electron chi connectivity index (χ1n) is 5.80. The summed E-state index contributed by atoms with van der Waals surface area (Å²) in [6, 6.07) is 7.11. The summed E-state index contributed by atoms with van der Waals surface area (Å²) in [7, 11) is 3.30. The van der Waals surface area contributed by atoms with E-state index in [0.29, 0.717) is 19.5 Å². The van der Waals surface area contributed by atoms with Gasteiger partial charge in [-0.05, 0) is 17.7 Å². The monoisotopic (exact) mass is 248 g/mol. The molecule has 1 fully saturated rings. The van der Waals surface area contributed by atoms with Crippen molar-refractivity contribution in [2.45, 2.75) is 13.0 Å². The molecule has 96 valence electrons. The molecule has 1 aliphatic heterocycles. The van der Waals surface area contributed by atoms with Crippen molar-refractivity contribution in [2.75, 3.05) is 20.7 Å². The van der Waals surface area contributed by atoms with Crippen LogP contribution in [0.3, 0.4) is 0 Å². The lowest BCUT2D eigenvalue weighted by atomic mass is 10.2. The van der Waals surface area contributed by atoms with Gasteiger partial charge in [-0.25, -0.2) is 4.79 Å². The predicted molar refractivity (Wildman–Crippen MR) is 66.2 cm³/mol. The van der Waals surface area contributed by atoms with Crippen LogP contribution in [-0.4, -0.2) is 42.4 Å². The molecule has 0 bridgehead atoms. The molecular formula is C13H16N2O3. The number of hydrogen-bond acceptors (Lipinski definition) is 3. The van der Waals surface area contributed by atoms with E-state index < -0.39 is 0 Å². The van der Waals surface area contributed by atoms with Gasteiger partial charge in [-0.1, -0.05) is 12.1 Å². The molecule has 0 unspecified atom stereocenters. The Morgan fingerprint density at radius 2 is 1.89 bits per heavy atom. The van der Waals surface area contributed by atoms with E-state index in [1.165, 1.54) is 4.90 Å². The van der Waals surface area contributed by atoms with Crippen molar-refractivity contribution in [1.29, 1.82) is 0 Å². The fourth-order valence-electron chi connectivity index (χ4n) is 1.88. The normalized spacial score (nSPS) is 16.1. The summed E-state index contributed by atoms with van der Waals surface area (Å²) in [6.07, 6.45) is 0.387. The lowest BCUT2D eigenvalue weighted by Crippen LogP contribution is -2.50. The molecule has 0 atom stereocenters. The summed E-state index contributed by atoms with van der Waals surface area (Å²) in [5, 5.41) is 0. The van der Waals surface area contributed by atoms with Crippen LogP contribution < -0.4 is 4.74 Å². The number of carbonyl (C=O) groups excluding carboxylic acids is 2. The van der Waals surface area contributed by atoms with Crippen molar-refractivity contribution in [2.24, 2.45) is 0 Å². The molecule has 5 nitrogen and oxygen atoms in total. The van der Waals surface area contributed by atoms with E-state index >= 15 is 0 Å². The Balaban J connectivity index is 2.11. The maximum absolute atomic E-state index is 11.9. The summed E-state index contributed by atoms with van der Waals surface area (Å²) in [5.41, 5.74) is 0.910. The van der Waals surface area contributed by atoms with Crippen LogP contribution in [0, 0.1) is 0 Å². The maximum Gasteiger partial charge on any atom is 0.326 e. The topological polar surface area (TPSA) is 49.9 Å². The number of methoxy groups -OCH3 is 1. The highest BCUT2D eigenvalue weighted by Gasteiger charge is 2.29. The van der Waals surface area contributed by atoms with E-state index in [4.69, 9.17) is 4.74 Å². The van der Waals surface area contributed by atoms with E-state index in [0.717, 1.165) is 11.3 Å². The third-order valence-electron chi connectivity index (χ3n) is 3.02. The van der Waals surface area contributed by atoms with E-state index in [1.54, 1.807) is 19.1 Å². The highest BCUT2D eigenvalue weighted by molar-refractivity contribution is 5.96. The van der Waals surface area contributed by atoms with E-state index in [1.807, 2.05) is 24.3 Å². The Morgan fingerprint density at radius 1 is 1.22 bits per heavy atom. The van der Waals surface area contributed by atoms with Gasteiger partial charge in [-0.2, -0.15) is 0 Å². The highest BCUT2D eigenvalue weighted by Crippen LogP contribution is 2.16. The van der Waals surface area contributed by atoms with Gasteiger partial charge in [-0.3, -0.25) is 9.69 Å². The molecule has 18 heavy (non-hydrogen) atoms. The summed E-state index contributed by atoms with van der Waals surface area (Å²) in [4.78, 5) is 26.4. The lowest BCUT2D eigenvalue weighted by Gasteiger charge is -2.31. The molecule has 1 saturated heterocycles. The zero-order chi connectivity index (χ0) is 13.1. The molecule has 0 aromatic heterocycles. The van der Waals surface area contributed by atoms with E-state index in [9.17, 15) is 9.59 Å². The number of hydrogen-bond donors (Lipinski definition) is 0. The summed E-state index contributed by atoms with van der Waals surface area (Å²) in [5.74, 6) is 0.640. The van der Waals surface area contributed by atoms with Crippen molar-refractivity contribution in [3.8, 4) is 5.75 Å². The Labute approximate surface area is 106 Å². The molecule has 0 aliphatic carbocycles. The van der Waals surface area contributed by atoms with Gasteiger partial charge in [0.25, 0.3) is 0 Å². The van der Waals surface area contributed by atoms with Crippen molar-refractivity contribution >= 4 is 11.9 Å². The van der Waals surface area contributed by atoms with Gasteiger partial charge in [0.1, 0.15) is 5.75 Å². The van der Waals surface area contributed by atoms with Crippen LogP contribution in [0.15, 0.2) is 24.3 Å². The SMILES string of the molecule is COc1ccc(CN2C(=O)CCN(C)C2=O)cc1. The molecule has 0 radical (unpaired) electrons. The van der Waals surface area contributed by atoms with Crippen LogP contribution >= 0.6 is 0 Å². The minimum atomic E-state index is -0.234. The molecule has 0 saturated carbocycles. The number of rotatable bonds is 3. The van der Waals surface area contributed by atoms with Crippen LogP contribution in [0.1, 0.15) is 12.0 Å². The van der Waals surface area contributed by atoms with Crippen LogP contribution in [0.5, 0.6) is 5.75 Å². The van der Waals surface area contributed by atoms with Crippen LogP contribution in [-0.2, 0) is 11.3 Å². The highest BCUT2D eigenvalue weighted by atomic mass is 16.5. The number of carbonyl (C=O) groups is 2. The van der Waals surface area contributed by atoms with Gasteiger partial charge in [0.2, 0.25) is 5.91 Å². The van der Waals surface area contributed by atoms with Crippen LogP contribution in [0.2, 0.25) is 0 Å². The quantitative estimate of drug-likeness (QED) is 0.814. The van der Waals surface area contributed by atoms with Gasteiger partial charge in [-0.15, -0.1) is 0 Å². The summed E-state index contributed by atoms with van der Waals surface area (Å²) in [6.45, 7) is 0.808. The standard InChI is InChI=1S/C13H16N2O3/c1-14-8-7-12(16)15(13(14)17)9-10-3-5-11(18-2)6-4-10/h3-6H,7-9H2,1-2H3. The molecule has 0 spiro atoms. The molecule has 1 heterocycles. The smallest absolute Gasteiger partial charge is 0.326 e. The van der Waals surface area contributed by atoms with Gasteiger partial charge in [0.15, 0.2) is 0 Å². The Hall–Kier alpha value is -2.04. The largest absolute Gasteiger partial charge is 0.497 e. The molecule has 1 aromatic rings. The fourth-order valence-corrected chi connectivity index (χ4v) is 1.88. The number of urea groups is 1. The average Bonchev–Trinajstić information content (AvgIpc) is 2.40. The zero-order valence-electron chi connectivity index (χ0n) is 10.5. The number of nitrogens with zero attached hydrogens (tertiary/aromatic N) is 2. The summed E-state index contributed by atoms with van der Waals surface area (Å²) >= 11 is 0. The Morgan fingerprint density at radius 3 is 2.50 bits per heavy atom. The molecule has 5 heteroatoms. The van der Waals surface area contributed by atoms with Crippen LogP contribution in [0.4, 0.5) is 4.79 Å². The molecule has 1 aromatic carbocycles. The van der Waals surface area contributed by atoms with Crippen molar-refractivity contribution in [1.82, 2.24) is 9.80 Å². The van der Waals surface area contributed by atoms with Gasteiger partial charge >= 0.3 is 6.03 Å². The van der Waals surface area contributed by atoms with Crippen molar-refractivity contribution < 1.29 is 14.3 Å². The Kier molecular flexibility index (Phi) is 3.50. The average molecular weight is 248 g/mol. The van der Waals surface area contributed by atoms with E-state index in [-0.39, 0.29) is 11.9 Å². The third-order valence-corrected chi connectivity index (χ3v) is 3.02. The predicted octanol–water partition coefficient (Wildman–Crippen LogP) is 1.48. The lowest BCUT2D eigenvalue weighted by molar-refractivity contribution is -0.131. The van der Waals surface area contributed by atoms with Gasteiger partial charge < -0.3 is 9.64 Å². The number of imide groups is 1. The maximum atomic E-state index is 11.9. The second-order valence-corrected chi connectivity index (χ2v) is 4.28. The minimum absolute atomic E-state index is 0.117. The Bertz CT molecular complexity index is 456. The molecule has 0 N–H and O–H groups in total. The third kappa shape index (κ3) is 2.45. The first-order valence-corrected chi connectivity index (χ1v) is 5.80. The number of amides is 3. The second kappa shape index (κ2) is 5.08. The van der Waals surface area contributed by atoms with E-state index in [2.05, 4.69) is 0 Å². The van der Waals surface area contributed by atoms with Crippen LogP contribution in [0.25, 0.3) is 0 Å². The minimum Gasteiger partial charge on any atom is -0.497 e. The molecule has 2 rings (SSSR count). The summed E-state index contributed by atoms with van der Waals surface area (Å²) < 4.78 is 5.06. The van der Waals surface area contributed by atoms with Crippen molar-refractivity contribution in [3.05, 3.63) is 29.8 Å². The first kappa shape index (κ1) is 12.4. The second-order valence-electron chi connectivity index (χ2n) is 4.28. The number of benzene rings is 1. The van der Waals surface area contributed by atoms with Crippen molar-refractivity contribution in [3.63, 3.8) is 0 Å². The molecular weight excluding hydrogens is 232 g/mol. The van der Waals surface area contributed by atoms with Gasteiger partial charge in [0, 0.05) is 20.0 Å². The molecule has 1 aliphatic rings. The fraction of sp³-hybridized carbons (Fsp3) is 0.385. The first-order chi connectivity index (χ1) is 8.61. The zero-order valence-corrected chi connectivity index (χ0v) is 10.5. The molecule has 3 amide bonds. The van der Waals surface area contributed by atoms with Gasteiger partial charge in [0.05, 0.1) is 13.7 Å².